The van der Waals surface area contributed by atoms with Crippen molar-refractivity contribution in [3.63, 3.8) is 0 Å². The molecule has 0 spiro atoms. The minimum Gasteiger partial charge on any atom is -0.483 e. The standard InChI is InChI=1S/C13H20N2O3S/c1-19(17)8-4-7-15-13(16)10-18-12-6-3-2-5-11(12)9-14/h2-3,5-6H,4,7-10,14H2,1H3,(H,15,16). The van der Waals surface area contributed by atoms with Crippen LogP contribution >= 0.6 is 0 Å². The molecule has 0 saturated carbocycles. The van der Waals surface area contributed by atoms with Crippen LogP contribution in [0.3, 0.4) is 0 Å². The molecule has 0 fully saturated rings. The number of rotatable bonds is 8. The topological polar surface area (TPSA) is 81.4 Å². The van der Waals surface area contributed by atoms with E-state index in [4.69, 9.17) is 10.5 Å². The lowest BCUT2D eigenvalue weighted by Crippen LogP contribution is -2.30. The molecule has 0 radical (unpaired) electrons. The summed E-state index contributed by atoms with van der Waals surface area (Å²) in [6.07, 6.45) is 2.35. The zero-order valence-corrected chi connectivity index (χ0v) is 11.9. The zero-order valence-electron chi connectivity index (χ0n) is 11.1. The molecule has 0 saturated heterocycles. The maximum Gasteiger partial charge on any atom is 0.257 e. The van der Waals surface area contributed by atoms with Crippen LogP contribution in [0.5, 0.6) is 5.75 Å². The lowest BCUT2D eigenvalue weighted by atomic mass is 10.2. The molecule has 0 aliphatic heterocycles. The van der Waals surface area contributed by atoms with E-state index in [1.807, 2.05) is 18.2 Å². The van der Waals surface area contributed by atoms with Crippen LogP contribution in [-0.2, 0) is 22.1 Å². The van der Waals surface area contributed by atoms with Gasteiger partial charge in [0, 0.05) is 41.5 Å². The van der Waals surface area contributed by atoms with Crippen molar-refractivity contribution in [3.8, 4) is 5.75 Å². The molecule has 0 aromatic heterocycles. The Labute approximate surface area is 116 Å². The molecule has 1 aromatic rings. The molecular weight excluding hydrogens is 264 g/mol. The predicted molar refractivity (Wildman–Crippen MR) is 76.4 cm³/mol. The first-order chi connectivity index (χ1) is 9.13. The van der Waals surface area contributed by atoms with E-state index in [9.17, 15) is 9.00 Å². The van der Waals surface area contributed by atoms with E-state index < -0.39 is 10.8 Å². The molecule has 106 valence electrons. The maximum atomic E-state index is 11.5. The van der Waals surface area contributed by atoms with Crippen LogP contribution in [0.2, 0.25) is 0 Å². The first kappa shape index (κ1) is 15.7. The Bertz CT molecular complexity index is 438. The maximum absolute atomic E-state index is 11.5. The first-order valence-corrected chi connectivity index (χ1v) is 7.83. The Morgan fingerprint density at radius 1 is 1.42 bits per heavy atom. The molecule has 1 aromatic carbocycles. The predicted octanol–water partition coefficient (Wildman–Crippen LogP) is 0.409. The second-order valence-electron chi connectivity index (χ2n) is 4.08. The Balaban J connectivity index is 2.28. The average molecular weight is 284 g/mol. The van der Waals surface area contributed by atoms with Gasteiger partial charge in [-0.3, -0.25) is 9.00 Å². The van der Waals surface area contributed by atoms with E-state index in [2.05, 4.69) is 5.32 Å². The van der Waals surface area contributed by atoms with Crippen LogP contribution in [-0.4, -0.2) is 35.3 Å². The van der Waals surface area contributed by atoms with Crippen LogP contribution in [0.4, 0.5) is 0 Å². The molecule has 0 aliphatic rings. The third-order valence-corrected chi connectivity index (χ3v) is 3.35. The molecule has 1 amide bonds. The van der Waals surface area contributed by atoms with Gasteiger partial charge in [-0.05, 0) is 12.5 Å². The highest BCUT2D eigenvalue weighted by Gasteiger charge is 2.05. The fourth-order valence-corrected chi connectivity index (χ4v) is 2.06. The minimum absolute atomic E-state index is 0.0355. The summed E-state index contributed by atoms with van der Waals surface area (Å²) >= 11 is 0. The van der Waals surface area contributed by atoms with E-state index >= 15 is 0 Å². The Morgan fingerprint density at radius 3 is 2.84 bits per heavy atom. The fourth-order valence-electron chi connectivity index (χ4n) is 1.51. The van der Waals surface area contributed by atoms with Crippen molar-refractivity contribution in [1.29, 1.82) is 0 Å². The molecule has 1 unspecified atom stereocenters. The Hall–Kier alpha value is -1.40. The molecule has 1 rings (SSSR count). The van der Waals surface area contributed by atoms with Gasteiger partial charge < -0.3 is 15.8 Å². The van der Waals surface area contributed by atoms with Crippen LogP contribution in [0.1, 0.15) is 12.0 Å². The second-order valence-corrected chi connectivity index (χ2v) is 5.64. The van der Waals surface area contributed by atoms with Gasteiger partial charge in [-0.15, -0.1) is 0 Å². The molecule has 19 heavy (non-hydrogen) atoms. The summed E-state index contributed by atoms with van der Waals surface area (Å²) in [7, 11) is -0.815. The number of ether oxygens (including phenoxy) is 1. The average Bonchev–Trinajstić information content (AvgIpc) is 2.41. The largest absolute Gasteiger partial charge is 0.483 e. The molecule has 5 nitrogen and oxygen atoms in total. The molecule has 0 heterocycles. The summed E-state index contributed by atoms with van der Waals surface area (Å²) < 4.78 is 16.2. The van der Waals surface area contributed by atoms with Crippen LogP contribution < -0.4 is 15.8 Å². The van der Waals surface area contributed by atoms with Gasteiger partial charge in [-0.1, -0.05) is 18.2 Å². The molecular formula is C13H20N2O3S. The van der Waals surface area contributed by atoms with Crippen molar-refractivity contribution < 1.29 is 13.7 Å². The summed E-state index contributed by atoms with van der Waals surface area (Å²) in [6, 6.07) is 7.36. The van der Waals surface area contributed by atoms with Gasteiger partial charge in [0.25, 0.3) is 5.91 Å². The van der Waals surface area contributed by atoms with E-state index in [1.54, 1.807) is 12.3 Å². The van der Waals surface area contributed by atoms with Gasteiger partial charge in [-0.25, -0.2) is 0 Å². The summed E-state index contributed by atoms with van der Waals surface area (Å²) in [6.45, 7) is 0.854. The van der Waals surface area contributed by atoms with Crippen LogP contribution in [0.15, 0.2) is 24.3 Å². The second kappa shape index (κ2) is 8.66. The number of nitrogens with two attached hydrogens (primary N) is 1. The monoisotopic (exact) mass is 284 g/mol. The number of carbonyl (C=O) groups is 1. The van der Waals surface area contributed by atoms with Gasteiger partial charge in [-0.2, -0.15) is 0 Å². The molecule has 1 atom stereocenters. The van der Waals surface area contributed by atoms with Crippen LogP contribution in [0.25, 0.3) is 0 Å². The first-order valence-electron chi connectivity index (χ1n) is 6.11. The fraction of sp³-hybridized carbons (Fsp3) is 0.462. The third-order valence-electron chi connectivity index (χ3n) is 2.48. The van der Waals surface area contributed by atoms with E-state index in [-0.39, 0.29) is 12.5 Å². The van der Waals surface area contributed by atoms with Crippen molar-refractivity contribution in [2.45, 2.75) is 13.0 Å². The number of hydrogen-bond acceptors (Lipinski definition) is 4. The summed E-state index contributed by atoms with van der Waals surface area (Å²) in [5.41, 5.74) is 6.45. The van der Waals surface area contributed by atoms with Gasteiger partial charge in [0.2, 0.25) is 0 Å². The molecule has 0 bridgehead atoms. The number of benzene rings is 1. The SMILES string of the molecule is CS(=O)CCCNC(=O)COc1ccccc1CN. The van der Waals surface area contributed by atoms with E-state index in [0.717, 1.165) is 5.56 Å². The number of para-hydroxylation sites is 1. The quantitative estimate of drug-likeness (QED) is 0.677. The minimum atomic E-state index is -0.815. The Kier molecular flexibility index (Phi) is 7.14. The normalized spacial score (nSPS) is 11.9. The summed E-state index contributed by atoms with van der Waals surface area (Å²) in [5.74, 6) is 1.04. The summed E-state index contributed by atoms with van der Waals surface area (Å²) in [5, 5.41) is 2.72. The van der Waals surface area contributed by atoms with Gasteiger partial charge in [0.05, 0.1) is 0 Å². The lowest BCUT2D eigenvalue weighted by Gasteiger charge is -2.10. The van der Waals surface area contributed by atoms with E-state index in [1.165, 1.54) is 0 Å². The highest BCUT2D eigenvalue weighted by molar-refractivity contribution is 7.84. The number of amides is 1. The number of hydrogen-bond donors (Lipinski definition) is 2. The molecule has 6 heteroatoms. The van der Waals surface area contributed by atoms with Gasteiger partial charge in [0.15, 0.2) is 6.61 Å². The lowest BCUT2D eigenvalue weighted by molar-refractivity contribution is -0.123. The van der Waals surface area contributed by atoms with Crippen molar-refractivity contribution in [2.75, 3.05) is 25.2 Å². The van der Waals surface area contributed by atoms with Crippen molar-refractivity contribution in [2.24, 2.45) is 5.73 Å². The highest BCUT2D eigenvalue weighted by Crippen LogP contribution is 2.16. The highest BCUT2D eigenvalue weighted by atomic mass is 32.2. The van der Waals surface area contributed by atoms with Crippen molar-refractivity contribution in [1.82, 2.24) is 5.32 Å². The van der Waals surface area contributed by atoms with E-state index in [0.29, 0.717) is 31.0 Å². The zero-order chi connectivity index (χ0) is 14.1. The van der Waals surface area contributed by atoms with Crippen molar-refractivity contribution >= 4 is 16.7 Å². The molecule has 3 N–H and O–H groups in total. The van der Waals surface area contributed by atoms with Crippen molar-refractivity contribution in [3.05, 3.63) is 29.8 Å². The van der Waals surface area contributed by atoms with Gasteiger partial charge in [0.1, 0.15) is 5.75 Å². The van der Waals surface area contributed by atoms with Gasteiger partial charge >= 0.3 is 0 Å². The molecule has 0 aliphatic carbocycles. The third kappa shape index (κ3) is 6.35. The number of nitrogens with one attached hydrogen (secondary N) is 1. The smallest absolute Gasteiger partial charge is 0.257 e. The number of carbonyl (C=O) groups excluding carboxylic acids is 1. The Morgan fingerprint density at radius 2 is 2.16 bits per heavy atom. The van der Waals surface area contributed by atoms with Crippen LogP contribution in [0, 0.1) is 0 Å². The summed E-state index contributed by atoms with van der Waals surface area (Å²) in [4.78, 5) is 11.5.